The minimum Gasteiger partial charge on any atom is -0.368 e. The predicted molar refractivity (Wildman–Crippen MR) is 114 cm³/mol. The number of quaternary nitrogens is 1. The Balaban J connectivity index is 1.70. The first-order chi connectivity index (χ1) is 14.9. The first-order valence-corrected chi connectivity index (χ1v) is 11.8. The summed E-state index contributed by atoms with van der Waals surface area (Å²) in [6.45, 7) is 4.20. The van der Waals surface area contributed by atoms with Gasteiger partial charge in [-0.2, -0.15) is 0 Å². The van der Waals surface area contributed by atoms with E-state index in [2.05, 4.69) is 10.6 Å². The fourth-order valence-corrected chi connectivity index (χ4v) is 5.24. The molecule has 0 aromatic carbocycles. The van der Waals surface area contributed by atoms with Crippen molar-refractivity contribution in [2.45, 2.75) is 70.4 Å². The summed E-state index contributed by atoms with van der Waals surface area (Å²) in [4.78, 5) is 53.7. The van der Waals surface area contributed by atoms with E-state index < -0.39 is 18.0 Å². The van der Waals surface area contributed by atoms with Crippen molar-refractivity contribution < 1.29 is 24.5 Å². The number of carbonyl (C=O) groups is 4. The topological polar surface area (TPSA) is 129 Å². The molecule has 2 heterocycles. The number of nitrogens with two attached hydrogens (primary N) is 2. The number of primary amides is 1. The van der Waals surface area contributed by atoms with Crippen LogP contribution in [-0.2, 0) is 19.2 Å². The van der Waals surface area contributed by atoms with E-state index in [1.165, 1.54) is 13.3 Å². The summed E-state index contributed by atoms with van der Waals surface area (Å²) in [6.07, 6.45) is 7.72. The number of piperidine rings is 1. The molecule has 3 rings (SSSR count). The van der Waals surface area contributed by atoms with Crippen LogP contribution in [0.5, 0.6) is 0 Å². The summed E-state index contributed by atoms with van der Waals surface area (Å²) in [5, 5.41) is 5.03. The van der Waals surface area contributed by atoms with Crippen molar-refractivity contribution in [1.82, 2.24) is 15.1 Å². The van der Waals surface area contributed by atoms with E-state index in [9.17, 15) is 19.2 Å². The Kier molecular flexibility index (Phi) is 8.28. The van der Waals surface area contributed by atoms with Gasteiger partial charge in [-0.15, -0.1) is 0 Å². The molecular formula is C22H38N5O4+. The van der Waals surface area contributed by atoms with Gasteiger partial charge in [0.05, 0.1) is 19.6 Å². The number of amides is 4. The third-order valence-electron chi connectivity index (χ3n) is 7.15. The molecule has 1 aliphatic carbocycles. The molecule has 3 aliphatic rings. The van der Waals surface area contributed by atoms with Crippen LogP contribution in [0.1, 0.15) is 58.3 Å². The molecule has 9 heteroatoms. The second-order valence-electron chi connectivity index (χ2n) is 9.36. The maximum Gasteiger partial charge on any atom is 0.245 e. The second kappa shape index (κ2) is 10.9. The lowest BCUT2D eigenvalue weighted by atomic mass is 9.84. The van der Waals surface area contributed by atoms with Crippen molar-refractivity contribution in [3.63, 3.8) is 0 Å². The number of piperazine rings is 1. The predicted octanol–water partition coefficient (Wildman–Crippen LogP) is -1.04. The molecule has 0 unspecified atom stereocenters. The van der Waals surface area contributed by atoms with E-state index in [4.69, 9.17) is 5.73 Å². The SMILES string of the molecule is CC(=O)N1CCN(C(=O)C2CC[NH2+]CC2)[C@H](C(=O)N[C@@H](CC2CCCCC2)C(N)=O)C1. The molecule has 9 nitrogen and oxygen atoms in total. The van der Waals surface area contributed by atoms with Crippen LogP contribution >= 0.6 is 0 Å². The zero-order valence-electron chi connectivity index (χ0n) is 18.7. The van der Waals surface area contributed by atoms with Gasteiger partial charge in [0.25, 0.3) is 0 Å². The van der Waals surface area contributed by atoms with Crippen molar-refractivity contribution >= 4 is 23.6 Å². The highest BCUT2D eigenvalue weighted by molar-refractivity contribution is 5.93. The highest BCUT2D eigenvalue weighted by atomic mass is 16.2. The lowest BCUT2D eigenvalue weighted by Gasteiger charge is -2.42. The summed E-state index contributed by atoms with van der Waals surface area (Å²) in [5.41, 5.74) is 5.62. The number of rotatable bonds is 6. The molecule has 2 saturated heterocycles. The lowest BCUT2D eigenvalue weighted by Crippen LogP contribution is -2.86. The van der Waals surface area contributed by atoms with Crippen molar-refractivity contribution in [2.75, 3.05) is 32.7 Å². The van der Waals surface area contributed by atoms with Gasteiger partial charge in [-0.05, 0) is 12.3 Å². The van der Waals surface area contributed by atoms with Crippen molar-refractivity contribution in [3.8, 4) is 0 Å². The smallest absolute Gasteiger partial charge is 0.245 e. The fourth-order valence-electron chi connectivity index (χ4n) is 5.24. The van der Waals surface area contributed by atoms with Crippen molar-refractivity contribution in [3.05, 3.63) is 0 Å². The summed E-state index contributed by atoms with van der Waals surface area (Å²) in [7, 11) is 0. The molecule has 0 spiro atoms. The van der Waals surface area contributed by atoms with Gasteiger partial charge in [-0.3, -0.25) is 19.2 Å². The Morgan fingerprint density at radius 1 is 1.03 bits per heavy atom. The van der Waals surface area contributed by atoms with Gasteiger partial charge < -0.3 is 26.2 Å². The van der Waals surface area contributed by atoms with Crippen LogP contribution in [0.25, 0.3) is 0 Å². The van der Waals surface area contributed by atoms with E-state index in [0.29, 0.717) is 25.4 Å². The lowest BCUT2D eigenvalue weighted by molar-refractivity contribution is -0.664. The van der Waals surface area contributed by atoms with Crippen LogP contribution in [0.4, 0.5) is 0 Å². The van der Waals surface area contributed by atoms with Gasteiger partial charge in [0.2, 0.25) is 23.6 Å². The van der Waals surface area contributed by atoms with Crippen LogP contribution in [0.2, 0.25) is 0 Å². The van der Waals surface area contributed by atoms with E-state index in [1.54, 1.807) is 9.80 Å². The molecule has 31 heavy (non-hydrogen) atoms. The van der Waals surface area contributed by atoms with E-state index >= 15 is 0 Å². The first-order valence-electron chi connectivity index (χ1n) is 11.8. The Labute approximate surface area is 184 Å². The molecule has 0 aromatic rings. The number of nitrogens with one attached hydrogen (secondary N) is 1. The molecule has 0 bridgehead atoms. The summed E-state index contributed by atoms with van der Waals surface area (Å²) >= 11 is 0. The molecule has 2 atom stereocenters. The Morgan fingerprint density at radius 3 is 2.32 bits per heavy atom. The molecule has 5 N–H and O–H groups in total. The quantitative estimate of drug-likeness (QED) is 0.491. The Morgan fingerprint density at radius 2 is 1.71 bits per heavy atom. The zero-order chi connectivity index (χ0) is 22.4. The highest BCUT2D eigenvalue weighted by Gasteiger charge is 2.40. The summed E-state index contributed by atoms with van der Waals surface area (Å²) in [5.74, 6) is -0.772. The van der Waals surface area contributed by atoms with Gasteiger partial charge >= 0.3 is 0 Å². The van der Waals surface area contributed by atoms with Gasteiger partial charge in [0.15, 0.2) is 0 Å². The molecule has 1 saturated carbocycles. The molecule has 0 radical (unpaired) electrons. The van der Waals surface area contributed by atoms with Gasteiger partial charge in [0, 0.05) is 38.8 Å². The maximum atomic E-state index is 13.3. The molecule has 0 aromatic heterocycles. The third-order valence-corrected chi connectivity index (χ3v) is 7.15. The Hall–Kier alpha value is -2.16. The zero-order valence-corrected chi connectivity index (χ0v) is 18.7. The standard InChI is InChI=1S/C22H37N5O4/c1-15(28)26-11-12-27(22(31)17-7-9-24-10-8-17)19(14-26)21(30)25-18(20(23)29)13-16-5-3-2-4-6-16/h16-19,24H,2-14H2,1H3,(H2,23,29)(H,25,30)/p+1/t18-,19-/m0/s1. The van der Waals surface area contributed by atoms with Crippen LogP contribution in [0, 0.1) is 11.8 Å². The molecule has 2 aliphatic heterocycles. The number of hydrogen-bond donors (Lipinski definition) is 3. The van der Waals surface area contributed by atoms with Crippen molar-refractivity contribution in [1.29, 1.82) is 0 Å². The number of hydrogen-bond acceptors (Lipinski definition) is 4. The van der Waals surface area contributed by atoms with E-state index in [-0.39, 0.29) is 30.2 Å². The summed E-state index contributed by atoms with van der Waals surface area (Å²) in [6, 6.07) is -1.53. The van der Waals surface area contributed by atoms with E-state index in [0.717, 1.165) is 51.6 Å². The van der Waals surface area contributed by atoms with Crippen LogP contribution in [-0.4, -0.2) is 78.2 Å². The van der Waals surface area contributed by atoms with Crippen LogP contribution < -0.4 is 16.4 Å². The minimum atomic E-state index is -0.788. The fraction of sp³-hybridized carbons (Fsp3) is 0.818. The maximum absolute atomic E-state index is 13.3. The first kappa shape index (κ1) is 23.5. The average molecular weight is 437 g/mol. The minimum absolute atomic E-state index is 0.0145. The van der Waals surface area contributed by atoms with Gasteiger partial charge in [0.1, 0.15) is 12.1 Å². The van der Waals surface area contributed by atoms with Crippen LogP contribution in [0.15, 0.2) is 0 Å². The molecular weight excluding hydrogens is 398 g/mol. The highest BCUT2D eigenvalue weighted by Crippen LogP contribution is 2.27. The van der Waals surface area contributed by atoms with Gasteiger partial charge in [-0.1, -0.05) is 32.1 Å². The second-order valence-corrected chi connectivity index (χ2v) is 9.36. The largest absolute Gasteiger partial charge is 0.368 e. The van der Waals surface area contributed by atoms with Gasteiger partial charge in [-0.25, -0.2) is 0 Å². The molecule has 3 fully saturated rings. The van der Waals surface area contributed by atoms with E-state index in [1.807, 2.05) is 0 Å². The monoisotopic (exact) mass is 436 g/mol. The third kappa shape index (κ3) is 6.18. The normalized spacial score (nSPS) is 24.5. The molecule has 4 amide bonds. The van der Waals surface area contributed by atoms with Crippen LogP contribution in [0.3, 0.4) is 0 Å². The van der Waals surface area contributed by atoms with Crippen molar-refractivity contribution in [2.24, 2.45) is 17.6 Å². The summed E-state index contributed by atoms with van der Waals surface area (Å²) < 4.78 is 0. The molecule has 174 valence electrons. The Bertz CT molecular complexity index is 673. The number of carbonyl (C=O) groups excluding carboxylic acids is 4. The average Bonchev–Trinajstić information content (AvgIpc) is 2.78. The number of nitrogens with zero attached hydrogens (tertiary/aromatic N) is 2.